The quantitative estimate of drug-likeness (QED) is 0.908. The van der Waals surface area contributed by atoms with Crippen molar-refractivity contribution < 1.29 is 22.6 Å². The monoisotopic (exact) mass is 313 g/mol. The Morgan fingerprint density at radius 3 is 1.90 bits per heavy atom. The van der Waals surface area contributed by atoms with Gasteiger partial charge < -0.3 is 15.2 Å². The van der Waals surface area contributed by atoms with Crippen molar-refractivity contribution in [2.75, 3.05) is 14.2 Å². The van der Waals surface area contributed by atoms with Gasteiger partial charge in [-0.15, -0.1) is 12.4 Å². The summed E-state index contributed by atoms with van der Waals surface area (Å²) in [6.45, 7) is 1.82. The molecule has 0 amide bonds. The van der Waals surface area contributed by atoms with E-state index in [0.29, 0.717) is 6.42 Å². The summed E-state index contributed by atoms with van der Waals surface area (Å²) in [5, 5.41) is 0. The van der Waals surface area contributed by atoms with Crippen molar-refractivity contribution in [1.82, 2.24) is 0 Å². The Kier molecular flexibility index (Phi) is 7.16. The second-order valence-corrected chi connectivity index (χ2v) is 4.45. The second kappa shape index (κ2) is 7.59. The number of hydrogen-bond acceptors (Lipinski definition) is 3. The molecule has 0 radical (unpaired) electrons. The molecule has 20 heavy (non-hydrogen) atoms. The molecule has 0 bridgehead atoms. The van der Waals surface area contributed by atoms with Gasteiger partial charge in [0.15, 0.2) is 0 Å². The Labute approximate surface area is 122 Å². The smallest absolute Gasteiger partial charge is 0.393 e. The van der Waals surface area contributed by atoms with Gasteiger partial charge in [-0.25, -0.2) is 0 Å². The minimum atomic E-state index is -4.32. The normalized spacial score (nSPS) is 12.6. The second-order valence-electron chi connectivity index (χ2n) is 4.45. The first-order valence-electron chi connectivity index (χ1n) is 5.83. The Bertz CT molecular complexity index is 411. The molecular formula is C13H19ClF3NO2. The van der Waals surface area contributed by atoms with Gasteiger partial charge in [-0.05, 0) is 31.0 Å². The highest BCUT2D eigenvalue weighted by molar-refractivity contribution is 5.85. The zero-order valence-corrected chi connectivity index (χ0v) is 12.4. The van der Waals surface area contributed by atoms with Gasteiger partial charge in [0.1, 0.15) is 11.5 Å². The molecule has 1 aromatic carbocycles. The summed E-state index contributed by atoms with van der Waals surface area (Å²) in [4.78, 5) is 0. The topological polar surface area (TPSA) is 44.5 Å². The SMILES string of the molecule is COc1cc(CC(C)N)cc(OC)c1CC(F)(F)F.Cl. The predicted molar refractivity (Wildman–Crippen MR) is 73.9 cm³/mol. The van der Waals surface area contributed by atoms with E-state index in [9.17, 15) is 13.2 Å². The number of halogens is 4. The van der Waals surface area contributed by atoms with Crippen molar-refractivity contribution in [3.05, 3.63) is 23.3 Å². The molecule has 1 aromatic rings. The molecule has 0 spiro atoms. The molecule has 0 heterocycles. The number of ether oxygens (including phenoxy) is 2. The van der Waals surface area contributed by atoms with E-state index in [1.54, 1.807) is 12.1 Å². The first kappa shape index (κ1) is 18.9. The van der Waals surface area contributed by atoms with Crippen molar-refractivity contribution in [1.29, 1.82) is 0 Å². The van der Waals surface area contributed by atoms with Crippen LogP contribution >= 0.6 is 12.4 Å². The van der Waals surface area contributed by atoms with Crippen molar-refractivity contribution in [2.24, 2.45) is 5.73 Å². The van der Waals surface area contributed by atoms with Crippen LogP contribution in [-0.2, 0) is 12.8 Å². The van der Waals surface area contributed by atoms with Gasteiger partial charge in [0.2, 0.25) is 0 Å². The van der Waals surface area contributed by atoms with Crippen LogP contribution in [0.2, 0.25) is 0 Å². The van der Waals surface area contributed by atoms with E-state index in [1.807, 2.05) is 6.92 Å². The first-order valence-corrected chi connectivity index (χ1v) is 5.83. The number of alkyl halides is 3. The van der Waals surface area contributed by atoms with Crippen LogP contribution < -0.4 is 15.2 Å². The van der Waals surface area contributed by atoms with E-state index in [2.05, 4.69) is 0 Å². The molecule has 0 aliphatic rings. The first-order chi connectivity index (χ1) is 8.76. The molecule has 1 atom stereocenters. The maximum atomic E-state index is 12.6. The van der Waals surface area contributed by atoms with Crippen molar-refractivity contribution in [3.63, 3.8) is 0 Å². The Morgan fingerprint density at radius 1 is 1.15 bits per heavy atom. The lowest BCUT2D eigenvalue weighted by Crippen LogP contribution is -2.18. The minimum absolute atomic E-state index is 0. The van der Waals surface area contributed by atoms with Crippen molar-refractivity contribution in [2.45, 2.75) is 32.0 Å². The van der Waals surface area contributed by atoms with Gasteiger partial charge in [0.05, 0.1) is 20.6 Å². The Morgan fingerprint density at radius 2 is 1.60 bits per heavy atom. The number of methoxy groups -OCH3 is 2. The molecule has 0 saturated carbocycles. The molecular weight excluding hydrogens is 295 g/mol. The van der Waals surface area contributed by atoms with Gasteiger partial charge in [0.25, 0.3) is 0 Å². The summed E-state index contributed by atoms with van der Waals surface area (Å²) < 4.78 is 47.7. The van der Waals surface area contributed by atoms with E-state index in [-0.39, 0.29) is 35.5 Å². The van der Waals surface area contributed by atoms with E-state index >= 15 is 0 Å². The molecule has 0 saturated heterocycles. The van der Waals surface area contributed by atoms with Crippen molar-refractivity contribution in [3.8, 4) is 11.5 Å². The van der Waals surface area contributed by atoms with Gasteiger partial charge in [-0.3, -0.25) is 0 Å². The molecule has 0 aliphatic heterocycles. The molecule has 0 aliphatic carbocycles. The van der Waals surface area contributed by atoms with Crippen LogP contribution in [0.5, 0.6) is 11.5 Å². The summed E-state index contributed by atoms with van der Waals surface area (Å²) in [7, 11) is 2.68. The van der Waals surface area contributed by atoms with Crippen LogP contribution in [0.25, 0.3) is 0 Å². The Hall–Kier alpha value is -1.14. The number of nitrogens with two attached hydrogens (primary N) is 1. The molecule has 3 nitrogen and oxygen atoms in total. The molecule has 0 aromatic heterocycles. The van der Waals surface area contributed by atoms with E-state index < -0.39 is 12.6 Å². The van der Waals surface area contributed by atoms with Crippen molar-refractivity contribution >= 4 is 12.4 Å². The Balaban J connectivity index is 0.00000361. The largest absolute Gasteiger partial charge is 0.496 e. The summed E-state index contributed by atoms with van der Waals surface area (Å²) in [6.07, 6.45) is -4.86. The van der Waals surface area contributed by atoms with Gasteiger partial charge in [-0.1, -0.05) is 0 Å². The molecule has 0 fully saturated rings. The third-order valence-corrected chi connectivity index (χ3v) is 2.60. The van der Waals surface area contributed by atoms with Crippen LogP contribution in [0.1, 0.15) is 18.1 Å². The van der Waals surface area contributed by atoms with E-state index in [4.69, 9.17) is 15.2 Å². The lowest BCUT2D eigenvalue weighted by Gasteiger charge is -2.17. The minimum Gasteiger partial charge on any atom is -0.496 e. The maximum absolute atomic E-state index is 12.6. The number of rotatable bonds is 5. The highest BCUT2D eigenvalue weighted by Crippen LogP contribution is 2.35. The van der Waals surface area contributed by atoms with E-state index in [0.717, 1.165) is 5.56 Å². The fourth-order valence-electron chi connectivity index (χ4n) is 1.90. The van der Waals surface area contributed by atoms with Crippen LogP contribution in [0, 0.1) is 0 Å². The molecule has 116 valence electrons. The van der Waals surface area contributed by atoms with Crippen LogP contribution in [0.4, 0.5) is 13.2 Å². The third kappa shape index (κ3) is 5.46. The lowest BCUT2D eigenvalue weighted by molar-refractivity contribution is -0.127. The summed E-state index contributed by atoms with van der Waals surface area (Å²) in [6, 6.07) is 3.06. The molecule has 1 unspecified atom stereocenters. The van der Waals surface area contributed by atoms with Gasteiger partial charge in [-0.2, -0.15) is 13.2 Å². The molecule has 7 heteroatoms. The number of hydrogen-bond donors (Lipinski definition) is 1. The number of benzene rings is 1. The fraction of sp³-hybridized carbons (Fsp3) is 0.538. The van der Waals surface area contributed by atoms with Crippen LogP contribution in [0.3, 0.4) is 0 Å². The zero-order chi connectivity index (χ0) is 14.6. The van der Waals surface area contributed by atoms with E-state index in [1.165, 1.54) is 14.2 Å². The highest BCUT2D eigenvalue weighted by Gasteiger charge is 2.31. The summed E-state index contributed by atoms with van der Waals surface area (Å²) >= 11 is 0. The third-order valence-electron chi connectivity index (χ3n) is 2.60. The molecule has 1 rings (SSSR count). The predicted octanol–water partition coefficient (Wildman–Crippen LogP) is 3.12. The van der Waals surface area contributed by atoms with Crippen LogP contribution in [0.15, 0.2) is 12.1 Å². The summed E-state index contributed by atoms with van der Waals surface area (Å²) in [5.41, 5.74) is 6.48. The average Bonchev–Trinajstić information content (AvgIpc) is 2.28. The highest BCUT2D eigenvalue weighted by atomic mass is 35.5. The van der Waals surface area contributed by atoms with Gasteiger partial charge in [0, 0.05) is 11.6 Å². The zero-order valence-electron chi connectivity index (χ0n) is 11.6. The fourth-order valence-corrected chi connectivity index (χ4v) is 1.90. The average molecular weight is 314 g/mol. The van der Waals surface area contributed by atoms with Gasteiger partial charge >= 0.3 is 6.18 Å². The maximum Gasteiger partial charge on any atom is 0.393 e. The summed E-state index contributed by atoms with van der Waals surface area (Å²) in [5.74, 6) is 0.347. The molecule has 2 N–H and O–H groups in total. The standard InChI is InChI=1S/C13H18F3NO2.ClH/c1-8(17)4-9-5-11(18-2)10(7-13(14,15)16)12(6-9)19-3;/h5-6,8H,4,7,17H2,1-3H3;1H. The lowest BCUT2D eigenvalue weighted by atomic mass is 10.0. The van der Waals surface area contributed by atoms with Crippen LogP contribution in [-0.4, -0.2) is 26.4 Å².